The van der Waals surface area contributed by atoms with Gasteiger partial charge in [-0.1, -0.05) is 67.3 Å². The van der Waals surface area contributed by atoms with E-state index >= 15 is 0 Å². The van der Waals surface area contributed by atoms with E-state index in [1.54, 1.807) is 0 Å². The molecule has 0 heteroatoms. The monoisotopic (exact) mass is 234 g/mol. The minimum Gasteiger partial charge on any atom is -0.0984 e. The van der Waals surface area contributed by atoms with E-state index in [-0.39, 0.29) is 0 Å². The fraction of sp³-hybridized carbons (Fsp3) is 0.111. The summed E-state index contributed by atoms with van der Waals surface area (Å²) in [7, 11) is 0. The topological polar surface area (TPSA) is 0 Å². The second kappa shape index (κ2) is 5.05. The molecular formula is C18H18. The van der Waals surface area contributed by atoms with Gasteiger partial charge >= 0.3 is 0 Å². The van der Waals surface area contributed by atoms with Crippen LogP contribution < -0.4 is 0 Å². The third-order valence-electron chi connectivity index (χ3n) is 3.28. The van der Waals surface area contributed by atoms with Crippen molar-refractivity contribution in [3.8, 4) is 11.1 Å². The zero-order valence-corrected chi connectivity index (χ0v) is 11.0. The van der Waals surface area contributed by atoms with E-state index in [2.05, 4.69) is 63.4 Å². The average molecular weight is 234 g/mol. The van der Waals surface area contributed by atoms with Crippen molar-refractivity contribution in [2.45, 2.75) is 13.8 Å². The van der Waals surface area contributed by atoms with Crippen LogP contribution in [0.25, 0.3) is 23.3 Å². The molecule has 18 heavy (non-hydrogen) atoms. The Labute approximate surface area is 109 Å². The molecule has 0 saturated heterocycles. The van der Waals surface area contributed by atoms with Crippen LogP contribution in [-0.4, -0.2) is 0 Å². The third kappa shape index (κ3) is 2.14. The summed E-state index contributed by atoms with van der Waals surface area (Å²) in [6.07, 6.45) is 3.82. The Hall–Kier alpha value is -2.08. The van der Waals surface area contributed by atoms with Crippen LogP contribution in [0.1, 0.15) is 22.3 Å². The average Bonchev–Trinajstić information content (AvgIpc) is 2.39. The molecule has 0 amide bonds. The highest BCUT2D eigenvalue weighted by Crippen LogP contribution is 2.30. The number of rotatable bonds is 3. The van der Waals surface area contributed by atoms with E-state index < -0.39 is 0 Å². The number of hydrogen-bond donors (Lipinski definition) is 0. The fourth-order valence-corrected chi connectivity index (χ4v) is 2.22. The summed E-state index contributed by atoms with van der Waals surface area (Å²) in [6.45, 7) is 12.0. The fourth-order valence-electron chi connectivity index (χ4n) is 2.22. The lowest BCUT2D eigenvalue weighted by Gasteiger charge is -2.12. The van der Waals surface area contributed by atoms with Crippen molar-refractivity contribution >= 4 is 12.2 Å². The van der Waals surface area contributed by atoms with Gasteiger partial charge in [0.25, 0.3) is 0 Å². The van der Waals surface area contributed by atoms with Crippen molar-refractivity contribution in [3.05, 3.63) is 71.8 Å². The molecule has 0 aliphatic heterocycles. The summed E-state index contributed by atoms with van der Waals surface area (Å²) >= 11 is 0. The molecule has 0 spiro atoms. The van der Waals surface area contributed by atoms with Gasteiger partial charge in [0.2, 0.25) is 0 Å². The zero-order chi connectivity index (χ0) is 13.1. The quantitative estimate of drug-likeness (QED) is 0.679. The molecule has 2 aromatic rings. The van der Waals surface area contributed by atoms with Crippen molar-refractivity contribution in [3.63, 3.8) is 0 Å². The molecule has 0 N–H and O–H groups in total. The Bertz CT molecular complexity index is 586. The molecule has 2 aromatic carbocycles. The number of hydrogen-bond acceptors (Lipinski definition) is 0. The minimum atomic E-state index is 1.16. The first-order chi connectivity index (χ1) is 8.67. The van der Waals surface area contributed by atoms with Crippen LogP contribution in [0.5, 0.6) is 0 Å². The van der Waals surface area contributed by atoms with Crippen LogP contribution in [-0.2, 0) is 0 Å². The van der Waals surface area contributed by atoms with Gasteiger partial charge in [-0.3, -0.25) is 0 Å². The second-order valence-electron chi connectivity index (χ2n) is 4.53. The van der Waals surface area contributed by atoms with Crippen molar-refractivity contribution < 1.29 is 0 Å². The molecule has 0 aromatic heterocycles. The van der Waals surface area contributed by atoms with Gasteiger partial charge in [0.05, 0.1) is 0 Å². The van der Waals surface area contributed by atoms with E-state index in [0.29, 0.717) is 0 Å². The smallest absolute Gasteiger partial charge is 0.0105 e. The van der Waals surface area contributed by atoms with Crippen LogP contribution in [0.3, 0.4) is 0 Å². The number of aryl methyl sites for hydroxylation is 2. The van der Waals surface area contributed by atoms with Crippen LogP contribution in [0.4, 0.5) is 0 Å². The minimum absolute atomic E-state index is 1.16. The van der Waals surface area contributed by atoms with E-state index in [9.17, 15) is 0 Å². The standard InChI is InChI=1S/C18H18/c1-5-16-14(4)9-12-18(17(16)6-2)15-10-7-13(3)8-11-15/h5-12H,1-2H2,3-4H3. The Morgan fingerprint density at radius 1 is 0.778 bits per heavy atom. The van der Waals surface area contributed by atoms with Gasteiger partial charge in [-0.25, -0.2) is 0 Å². The SMILES string of the molecule is C=Cc1c(C)ccc(-c2ccc(C)cc2)c1C=C. The lowest BCUT2D eigenvalue weighted by atomic mass is 9.92. The van der Waals surface area contributed by atoms with Gasteiger partial charge in [0.1, 0.15) is 0 Å². The summed E-state index contributed by atoms with van der Waals surface area (Å²) in [6, 6.07) is 12.9. The van der Waals surface area contributed by atoms with Gasteiger partial charge < -0.3 is 0 Å². The molecule has 0 atom stereocenters. The lowest BCUT2D eigenvalue weighted by molar-refractivity contribution is 1.41. The summed E-state index contributed by atoms with van der Waals surface area (Å²) in [4.78, 5) is 0. The molecule has 2 rings (SSSR count). The maximum Gasteiger partial charge on any atom is -0.0105 e. The Morgan fingerprint density at radius 2 is 1.39 bits per heavy atom. The van der Waals surface area contributed by atoms with Crippen molar-refractivity contribution in [1.29, 1.82) is 0 Å². The molecule has 0 nitrogen and oxygen atoms in total. The van der Waals surface area contributed by atoms with E-state index in [1.165, 1.54) is 27.8 Å². The number of benzene rings is 2. The van der Waals surface area contributed by atoms with E-state index in [4.69, 9.17) is 0 Å². The van der Waals surface area contributed by atoms with E-state index in [1.807, 2.05) is 12.2 Å². The van der Waals surface area contributed by atoms with Crippen LogP contribution >= 0.6 is 0 Å². The second-order valence-corrected chi connectivity index (χ2v) is 4.53. The van der Waals surface area contributed by atoms with Crippen molar-refractivity contribution in [1.82, 2.24) is 0 Å². The van der Waals surface area contributed by atoms with Gasteiger partial charge in [-0.05, 0) is 41.7 Å². The molecular weight excluding hydrogens is 216 g/mol. The van der Waals surface area contributed by atoms with Crippen LogP contribution in [0.2, 0.25) is 0 Å². The normalized spacial score (nSPS) is 10.1. The highest BCUT2D eigenvalue weighted by Gasteiger charge is 2.07. The molecule has 0 aliphatic rings. The largest absolute Gasteiger partial charge is 0.0984 e. The van der Waals surface area contributed by atoms with Gasteiger partial charge in [0.15, 0.2) is 0 Å². The first kappa shape index (κ1) is 12.4. The van der Waals surface area contributed by atoms with E-state index in [0.717, 1.165) is 5.56 Å². The Balaban J connectivity index is 2.68. The van der Waals surface area contributed by atoms with Crippen molar-refractivity contribution in [2.75, 3.05) is 0 Å². The van der Waals surface area contributed by atoms with Crippen molar-refractivity contribution in [2.24, 2.45) is 0 Å². The Kier molecular flexibility index (Phi) is 3.47. The summed E-state index contributed by atoms with van der Waals surface area (Å²) in [5.41, 5.74) is 7.27. The first-order valence-corrected chi connectivity index (χ1v) is 6.13. The highest BCUT2D eigenvalue weighted by atomic mass is 14.1. The molecule has 0 aliphatic carbocycles. The third-order valence-corrected chi connectivity index (χ3v) is 3.28. The molecule has 0 unspecified atom stereocenters. The van der Waals surface area contributed by atoms with Crippen LogP contribution in [0, 0.1) is 13.8 Å². The summed E-state index contributed by atoms with van der Waals surface area (Å²) < 4.78 is 0. The van der Waals surface area contributed by atoms with Gasteiger partial charge in [0, 0.05) is 0 Å². The van der Waals surface area contributed by atoms with Gasteiger partial charge in [-0.15, -0.1) is 0 Å². The summed E-state index contributed by atoms with van der Waals surface area (Å²) in [5, 5.41) is 0. The molecule has 90 valence electrons. The van der Waals surface area contributed by atoms with Gasteiger partial charge in [-0.2, -0.15) is 0 Å². The maximum absolute atomic E-state index is 3.94. The zero-order valence-electron chi connectivity index (χ0n) is 11.0. The first-order valence-electron chi connectivity index (χ1n) is 6.13. The molecule has 0 saturated carbocycles. The summed E-state index contributed by atoms with van der Waals surface area (Å²) in [5.74, 6) is 0. The predicted octanol–water partition coefficient (Wildman–Crippen LogP) is 5.26. The predicted molar refractivity (Wildman–Crippen MR) is 81.5 cm³/mol. The Morgan fingerprint density at radius 3 is 1.94 bits per heavy atom. The molecule has 0 bridgehead atoms. The lowest BCUT2D eigenvalue weighted by Crippen LogP contribution is -1.91. The molecule has 0 heterocycles. The maximum atomic E-state index is 3.94. The molecule has 0 radical (unpaired) electrons. The van der Waals surface area contributed by atoms with Crippen LogP contribution in [0.15, 0.2) is 49.6 Å². The molecule has 0 fully saturated rings. The highest BCUT2D eigenvalue weighted by molar-refractivity contribution is 5.81.